The number of carbonyl (C=O) groups excluding carboxylic acids is 2. The maximum atomic E-state index is 13.1. The summed E-state index contributed by atoms with van der Waals surface area (Å²) in [6, 6.07) is 13.3. The Morgan fingerprint density at radius 3 is 2.63 bits per heavy atom. The summed E-state index contributed by atoms with van der Waals surface area (Å²) in [5.74, 6) is 0.956. The van der Waals surface area contributed by atoms with Gasteiger partial charge in [-0.15, -0.1) is 0 Å². The molecule has 2 aromatic carbocycles. The summed E-state index contributed by atoms with van der Waals surface area (Å²) in [5.41, 5.74) is 2.72. The highest BCUT2D eigenvalue weighted by Crippen LogP contribution is 2.35. The zero-order chi connectivity index (χ0) is 19.0. The molecule has 0 N–H and O–H groups in total. The number of nitrogens with zero attached hydrogens (tertiary/aromatic N) is 2. The zero-order valence-electron chi connectivity index (χ0n) is 15.5. The van der Waals surface area contributed by atoms with Crippen molar-refractivity contribution in [2.45, 2.75) is 26.3 Å². The van der Waals surface area contributed by atoms with Crippen molar-refractivity contribution in [3.8, 4) is 11.5 Å². The first-order valence-corrected chi connectivity index (χ1v) is 9.12. The summed E-state index contributed by atoms with van der Waals surface area (Å²) >= 11 is 0. The molecule has 2 amide bonds. The second-order valence-corrected chi connectivity index (χ2v) is 6.88. The predicted octanol–water partition coefficient (Wildman–Crippen LogP) is 2.79. The molecule has 27 heavy (non-hydrogen) atoms. The van der Waals surface area contributed by atoms with Crippen LogP contribution in [-0.4, -0.2) is 37.6 Å². The molecule has 0 fully saturated rings. The standard InChI is InChI=1S/C21H22N2O4/c1-14-11-16-5-3-4-6-18(16)23(14)21(25)13-22(15(2)24)17-7-8-19-20(12-17)27-10-9-26-19/h3-8,12,14H,9-11,13H2,1-2H3. The van der Waals surface area contributed by atoms with Crippen molar-refractivity contribution < 1.29 is 19.1 Å². The van der Waals surface area contributed by atoms with Crippen molar-refractivity contribution in [2.75, 3.05) is 29.6 Å². The number of rotatable bonds is 3. The summed E-state index contributed by atoms with van der Waals surface area (Å²) in [4.78, 5) is 28.6. The van der Waals surface area contributed by atoms with E-state index in [4.69, 9.17) is 9.47 Å². The van der Waals surface area contributed by atoms with Crippen LogP contribution in [0.4, 0.5) is 11.4 Å². The van der Waals surface area contributed by atoms with E-state index in [1.807, 2.05) is 31.2 Å². The Kier molecular flexibility index (Phi) is 4.48. The number of fused-ring (bicyclic) bond motifs is 2. The lowest BCUT2D eigenvalue weighted by atomic mass is 10.1. The molecule has 2 heterocycles. The molecule has 6 heteroatoms. The smallest absolute Gasteiger partial charge is 0.247 e. The molecule has 2 aliphatic rings. The molecule has 0 saturated carbocycles. The number of anilines is 2. The van der Waals surface area contributed by atoms with Crippen molar-refractivity contribution in [3.05, 3.63) is 48.0 Å². The molecule has 0 aromatic heterocycles. The molecular formula is C21H22N2O4. The normalized spacial score (nSPS) is 17.4. The Morgan fingerprint density at radius 2 is 1.85 bits per heavy atom. The summed E-state index contributed by atoms with van der Waals surface area (Å²) in [7, 11) is 0. The number of amides is 2. The van der Waals surface area contributed by atoms with Crippen LogP contribution in [0, 0.1) is 0 Å². The van der Waals surface area contributed by atoms with Crippen LogP contribution < -0.4 is 19.3 Å². The van der Waals surface area contributed by atoms with E-state index in [0.717, 1.165) is 17.7 Å². The van der Waals surface area contributed by atoms with Crippen molar-refractivity contribution in [1.29, 1.82) is 0 Å². The average molecular weight is 366 g/mol. The van der Waals surface area contributed by atoms with Crippen molar-refractivity contribution >= 4 is 23.2 Å². The highest BCUT2D eigenvalue weighted by molar-refractivity contribution is 6.04. The second-order valence-electron chi connectivity index (χ2n) is 6.88. The molecule has 0 spiro atoms. The van der Waals surface area contributed by atoms with Crippen LogP contribution in [-0.2, 0) is 16.0 Å². The lowest BCUT2D eigenvalue weighted by molar-refractivity contribution is -0.121. The van der Waals surface area contributed by atoms with Crippen LogP contribution in [0.3, 0.4) is 0 Å². The molecule has 0 saturated heterocycles. The topological polar surface area (TPSA) is 59.1 Å². The van der Waals surface area contributed by atoms with Gasteiger partial charge in [-0.25, -0.2) is 0 Å². The highest BCUT2D eigenvalue weighted by atomic mass is 16.6. The molecule has 1 atom stereocenters. The lowest BCUT2D eigenvalue weighted by Crippen LogP contribution is -2.44. The minimum Gasteiger partial charge on any atom is -0.486 e. The number of hydrogen-bond donors (Lipinski definition) is 0. The monoisotopic (exact) mass is 366 g/mol. The summed E-state index contributed by atoms with van der Waals surface area (Å²) in [6.07, 6.45) is 0.825. The number of carbonyl (C=O) groups is 2. The van der Waals surface area contributed by atoms with E-state index in [-0.39, 0.29) is 24.4 Å². The molecule has 140 valence electrons. The Hall–Kier alpha value is -3.02. The third kappa shape index (κ3) is 3.23. The fourth-order valence-corrected chi connectivity index (χ4v) is 3.74. The molecular weight excluding hydrogens is 344 g/mol. The van der Waals surface area contributed by atoms with E-state index in [1.165, 1.54) is 11.8 Å². The summed E-state index contributed by atoms with van der Waals surface area (Å²) < 4.78 is 11.1. The van der Waals surface area contributed by atoms with E-state index < -0.39 is 0 Å². The summed E-state index contributed by atoms with van der Waals surface area (Å²) in [6.45, 7) is 4.45. The predicted molar refractivity (Wildman–Crippen MR) is 103 cm³/mol. The van der Waals surface area contributed by atoms with Crippen molar-refractivity contribution in [3.63, 3.8) is 0 Å². The van der Waals surface area contributed by atoms with Crippen molar-refractivity contribution in [1.82, 2.24) is 0 Å². The van der Waals surface area contributed by atoms with Gasteiger partial charge in [0.1, 0.15) is 19.8 Å². The fourth-order valence-electron chi connectivity index (χ4n) is 3.74. The molecule has 2 aromatic rings. The number of ether oxygens (including phenoxy) is 2. The van der Waals surface area contributed by atoms with E-state index in [2.05, 4.69) is 0 Å². The van der Waals surface area contributed by atoms with Gasteiger partial charge in [0.15, 0.2) is 11.5 Å². The SMILES string of the molecule is CC(=O)N(CC(=O)N1c2ccccc2CC1C)c1ccc2c(c1)OCCO2. The maximum Gasteiger partial charge on any atom is 0.247 e. The van der Waals surface area contributed by atoms with Gasteiger partial charge >= 0.3 is 0 Å². The minimum atomic E-state index is -0.194. The fraction of sp³-hybridized carbons (Fsp3) is 0.333. The van der Waals surface area contributed by atoms with Gasteiger partial charge in [-0.2, -0.15) is 0 Å². The molecule has 0 bridgehead atoms. The number of benzene rings is 2. The van der Waals surface area contributed by atoms with Gasteiger partial charge in [-0.1, -0.05) is 18.2 Å². The van der Waals surface area contributed by atoms with E-state index in [9.17, 15) is 9.59 Å². The van der Waals surface area contributed by atoms with Gasteiger partial charge in [0.2, 0.25) is 11.8 Å². The van der Waals surface area contributed by atoms with Gasteiger partial charge in [-0.3, -0.25) is 9.59 Å². The lowest BCUT2D eigenvalue weighted by Gasteiger charge is -2.28. The summed E-state index contributed by atoms with van der Waals surface area (Å²) in [5, 5.41) is 0. The molecule has 1 unspecified atom stereocenters. The Labute approximate surface area is 158 Å². The molecule has 0 aliphatic carbocycles. The van der Waals surface area contributed by atoms with Gasteiger partial charge in [0.05, 0.1) is 0 Å². The van der Waals surface area contributed by atoms with Crippen molar-refractivity contribution in [2.24, 2.45) is 0 Å². The number of para-hydroxylation sites is 1. The third-order valence-electron chi connectivity index (χ3n) is 4.99. The Bertz CT molecular complexity index is 896. The molecule has 2 aliphatic heterocycles. The largest absolute Gasteiger partial charge is 0.486 e. The van der Waals surface area contributed by atoms with Crippen LogP contribution in [0.15, 0.2) is 42.5 Å². The Balaban J connectivity index is 1.59. The van der Waals surface area contributed by atoms with E-state index in [0.29, 0.717) is 30.4 Å². The number of hydrogen-bond acceptors (Lipinski definition) is 4. The maximum absolute atomic E-state index is 13.1. The van der Waals surface area contributed by atoms with Gasteiger partial charge in [0.25, 0.3) is 0 Å². The first kappa shape index (κ1) is 17.4. The van der Waals surface area contributed by atoms with Crippen LogP contribution in [0.25, 0.3) is 0 Å². The van der Waals surface area contributed by atoms with Crippen LogP contribution in [0.1, 0.15) is 19.4 Å². The first-order valence-electron chi connectivity index (χ1n) is 9.12. The average Bonchev–Trinajstić information content (AvgIpc) is 3.01. The van der Waals surface area contributed by atoms with Crippen LogP contribution in [0.5, 0.6) is 11.5 Å². The van der Waals surface area contributed by atoms with Gasteiger partial charge in [0, 0.05) is 30.4 Å². The van der Waals surface area contributed by atoms with Crippen LogP contribution >= 0.6 is 0 Å². The molecule has 4 rings (SSSR count). The van der Waals surface area contributed by atoms with Gasteiger partial charge in [-0.05, 0) is 37.1 Å². The van der Waals surface area contributed by atoms with E-state index in [1.54, 1.807) is 23.1 Å². The second kappa shape index (κ2) is 6.95. The molecule has 0 radical (unpaired) electrons. The quantitative estimate of drug-likeness (QED) is 0.838. The molecule has 6 nitrogen and oxygen atoms in total. The zero-order valence-corrected chi connectivity index (χ0v) is 15.5. The minimum absolute atomic E-state index is 0.0202. The van der Waals surface area contributed by atoms with Gasteiger partial charge < -0.3 is 19.3 Å². The Morgan fingerprint density at radius 1 is 1.11 bits per heavy atom. The third-order valence-corrected chi connectivity index (χ3v) is 4.99. The highest BCUT2D eigenvalue weighted by Gasteiger charge is 2.32. The van der Waals surface area contributed by atoms with Crippen LogP contribution in [0.2, 0.25) is 0 Å². The van der Waals surface area contributed by atoms with E-state index >= 15 is 0 Å². The first-order chi connectivity index (χ1) is 13.0.